The average Bonchev–Trinajstić information content (AvgIpc) is 2.59. The van der Waals surface area contributed by atoms with Crippen LogP contribution >= 0.6 is 31.9 Å². The van der Waals surface area contributed by atoms with Gasteiger partial charge in [0, 0.05) is 6.07 Å². The number of methoxy groups -OCH3 is 1. The Labute approximate surface area is 111 Å². The van der Waals surface area contributed by atoms with Gasteiger partial charge in [0.25, 0.3) is 0 Å². The van der Waals surface area contributed by atoms with E-state index >= 15 is 0 Å². The van der Waals surface area contributed by atoms with E-state index in [0.717, 1.165) is 21.5 Å². The lowest BCUT2D eigenvalue weighted by Gasteiger charge is -2.04. The third-order valence-corrected chi connectivity index (χ3v) is 3.22. The van der Waals surface area contributed by atoms with Crippen molar-refractivity contribution >= 4 is 31.9 Å². The molecule has 0 N–H and O–H groups in total. The normalized spacial score (nSPS) is 10.4. The first-order valence-electron chi connectivity index (χ1n) is 4.71. The van der Waals surface area contributed by atoms with E-state index in [0.29, 0.717) is 0 Å². The Morgan fingerprint density at radius 2 is 1.94 bits per heavy atom. The van der Waals surface area contributed by atoms with E-state index in [2.05, 4.69) is 37.0 Å². The van der Waals surface area contributed by atoms with Crippen molar-refractivity contribution in [3.8, 4) is 5.75 Å². The van der Waals surface area contributed by atoms with Gasteiger partial charge in [0.15, 0.2) is 0 Å². The van der Waals surface area contributed by atoms with Gasteiger partial charge < -0.3 is 4.74 Å². The maximum absolute atomic E-state index is 5.11. The largest absolute Gasteiger partial charge is 0.497 e. The molecule has 0 spiro atoms. The van der Waals surface area contributed by atoms with Gasteiger partial charge in [0.05, 0.1) is 13.7 Å². The number of hydrogen-bond donors (Lipinski definition) is 0. The van der Waals surface area contributed by atoms with Crippen LogP contribution in [0.3, 0.4) is 0 Å². The Morgan fingerprint density at radius 3 is 2.44 bits per heavy atom. The Hall–Kier alpha value is -0.810. The zero-order valence-electron chi connectivity index (χ0n) is 8.65. The highest BCUT2D eigenvalue weighted by Crippen LogP contribution is 2.18. The summed E-state index contributed by atoms with van der Waals surface area (Å²) >= 11 is 6.79. The van der Waals surface area contributed by atoms with Crippen LogP contribution in [0.4, 0.5) is 0 Å². The van der Waals surface area contributed by atoms with Gasteiger partial charge in [-0.25, -0.2) is 0 Å². The van der Waals surface area contributed by atoms with Crippen molar-refractivity contribution in [3.05, 3.63) is 45.1 Å². The van der Waals surface area contributed by atoms with Crippen LogP contribution in [-0.4, -0.2) is 16.9 Å². The van der Waals surface area contributed by atoms with E-state index in [-0.39, 0.29) is 0 Å². The topological polar surface area (TPSA) is 27.1 Å². The van der Waals surface area contributed by atoms with Gasteiger partial charge in [0.2, 0.25) is 0 Å². The number of halogens is 2. The summed E-state index contributed by atoms with van der Waals surface area (Å²) in [5, 5.41) is 4.30. The highest BCUT2D eigenvalue weighted by Gasteiger charge is 2.03. The fraction of sp³-hybridized carbons (Fsp3) is 0.182. The fourth-order valence-electron chi connectivity index (χ4n) is 1.38. The molecule has 2 rings (SSSR count). The van der Waals surface area contributed by atoms with Crippen LogP contribution in [0.5, 0.6) is 5.75 Å². The summed E-state index contributed by atoms with van der Waals surface area (Å²) in [5.41, 5.74) is 1.18. The van der Waals surface area contributed by atoms with Crippen LogP contribution in [0.1, 0.15) is 5.56 Å². The molecule has 3 nitrogen and oxygen atoms in total. The van der Waals surface area contributed by atoms with Gasteiger partial charge in [-0.2, -0.15) is 5.10 Å². The van der Waals surface area contributed by atoms with E-state index in [1.807, 2.05) is 35.0 Å². The van der Waals surface area contributed by atoms with E-state index in [4.69, 9.17) is 4.74 Å². The van der Waals surface area contributed by atoms with Crippen molar-refractivity contribution in [3.63, 3.8) is 0 Å². The van der Waals surface area contributed by atoms with Crippen LogP contribution in [0.15, 0.2) is 39.5 Å². The number of ether oxygens (including phenoxy) is 1. The number of benzene rings is 1. The molecule has 1 heterocycles. The fourth-order valence-corrected chi connectivity index (χ4v) is 2.52. The summed E-state index contributed by atoms with van der Waals surface area (Å²) in [6.07, 6.45) is 0. The lowest BCUT2D eigenvalue weighted by atomic mass is 10.2. The lowest BCUT2D eigenvalue weighted by Crippen LogP contribution is -2.01. The summed E-state index contributed by atoms with van der Waals surface area (Å²) in [6, 6.07) is 9.87. The average molecular weight is 346 g/mol. The molecule has 0 radical (unpaired) electrons. The second-order valence-electron chi connectivity index (χ2n) is 3.30. The molecule has 2 aromatic rings. The predicted octanol–water partition coefficient (Wildman–Crippen LogP) is 3.47. The zero-order chi connectivity index (χ0) is 11.5. The van der Waals surface area contributed by atoms with Crippen LogP contribution in [-0.2, 0) is 6.54 Å². The number of nitrogens with zero attached hydrogens (tertiary/aromatic N) is 2. The molecule has 0 aliphatic heterocycles. The van der Waals surface area contributed by atoms with Gasteiger partial charge in [-0.15, -0.1) is 0 Å². The molecular weight excluding hydrogens is 336 g/mol. The predicted molar refractivity (Wildman–Crippen MR) is 69.7 cm³/mol. The van der Waals surface area contributed by atoms with Gasteiger partial charge in [-0.05, 0) is 49.6 Å². The molecule has 0 bridgehead atoms. The Bertz CT molecular complexity index is 479. The molecule has 16 heavy (non-hydrogen) atoms. The molecule has 0 aliphatic carbocycles. The minimum Gasteiger partial charge on any atom is -0.497 e. The first-order valence-corrected chi connectivity index (χ1v) is 6.29. The van der Waals surface area contributed by atoms with Crippen molar-refractivity contribution in [1.82, 2.24) is 9.78 Å². The van der Waals surface area contributed by atoms with Crippen LogP contribution < -0.4 is 4.74 Å². The Kier molecular flexibility index (Phi) is 3.66. The van der Waals surface area contributed by atoms with Gasteiger partial charge in [0.1, 0.15) is 15.0 Å². The molecule has 0 atom stereocenters. The van der Waals surface area contributed by atoms with Gasteiger partial charge >= 0.3 is 0 Å². The Balaban J connectivity index is 2.17. The first kappa shape index (κ1) is 11.7. The second-order valence-corrected chi connectivity index (χ2v) is 4.92. The van der Waals surface area contributed by atoms with Crippen molar-refractivity contribution in [2.45, 2.75) is 6.54 Å². The monoisotopic (exact) mass is 344 g/mol. The van der Waals surface area contributed by atoms with Crippen LogP contribution in [0.25, 0.3) is 0 Å². The highest BCUT2D eigenvalue weighted by atomic mass is 79.9. The van der Waals surface area contributed by atoms with E-state index in [1.54, 1.807) is 7.11 Å². The van der Waals surface area contributed by atoms with Crippen molar-refractivity contribution < 1.29 is 4.74 Å². The maximum atomic E-state index is 5.11. The standard InChI is InChI=1S/C11H10Br2N2O/c1-16-9-4-2-8(3-5-9)7-15-11(13)6-10(12)14-15/h2-6H,7H2,1H3. The summed E-state index contributed by atoms with van der Waals surface area (Å²) in [4.78, 5) is 0. The van der Waals surface area contributed by atoms with Gasteiger partial charge in [-0.3, -0.25) is 4.68 Å². The lowest BCUT2D eigenvalue weighted by molar-refractivity contribution is 0.414. The summed E-state index contributed by atoms with van der Waals surface area (Å²) in [7, 11) is 1.66. The molecule has 84 valence electrons. The van der Waals surface area contributed by atoms with Crippen LogP contribution in [0.2, 0.25) is 0 Å². The second kappa shape index (κ2) is 5.01. The van der Waals surface area contributed by atoms with Gasteiger partial charge in [-0.1, -0.05) is 12.1 Å². The van der Waals surface area contributed by atoms with Crippen LogP contribution in [0, 0.1) is 0 Å². The van der Waals surface area contributed by atoms with Crippen molar-refractivity contribution in [1.29, 1.82) is 0 Å². The number of aromatic nitrogens is 2. The molecule has 0 saturated heterocycles. The molecular formula is C11H10Br2N2O. The molecule has 0 aliphatic rings. The molecule has 1 aromatic carbocycles. The molecule has 0 amide bonds. The van der Waals surface area contributed by atoms with Crippen molar-refractivity contribution in [2.75, 3.05) is 7.11 Å². The number of rotatable bonds is 3. The minimum atomic E-state index is 0.732. The summed E-state index contributed by atoms with van der Waals surface area (Å²) in [5.74, 6) is 0.865. The summed E-state index contributed by atoms with van der Waals surface area (Å²) in [6.45, 7) is 0.732. The third kappa shape index (κ3) is 2.65. The zero-order valence-corrected chi connectivity index (χ0v) is 11.8. The maximum Gasteiger partial charge on any atom is 0.129 e. The first-order chi connectivity index (χ1) is 7.69. The third-order valence-electron chi connectivity index (χ3n) is 2.19. The van der Waals surface area contributed by atoms with Crippen molar-refractivity contribution in [2.24, 2.45) is 0 Å². The SMILES string of the molecule is COc1ccc(Cn2nc(Br)cc2Br)cc1. The van der Waals surface area contributed by atoms with E-state index in [9.17, 15) is 0 Å². The number of hydrogen-bond acceptors (Lipinski definition) is 2. The molecule has 0 saturated carbocycles. The minimum absolute atomic E-state index is 0.732. The van der Waals surface area contributed by atoms with E-state index < -0.39 is 0 Å². The molecule has 0 unspecified atom stereocenters. The molecule has 0 fully saturated rings. The smallest absolute Gasteiger partial charge is 0.129 e. The highest BCUT2D eigenvalue weighted by molar-refractivity contribution is 9.11. The Morgan fingerprint density at radius 1 is 1.25 bits per heavy atom. The molecule has 5 heteroatoms. The van der Waals surface area contributed by atoms with E-state index in [1.165, 1.54) is 5.56 Å². The quantitative estimate of drug-likeness (QED) is 0.851. The summed E-state index contributed by atoms with van der Waals surface area (Å²) < 4.78 is 8.77. The molecule has 1 aromatic heterocycles.